The van der Waals surface area contributed by atoms with Crippen LogP contribution in [0.5, 0.6) is 0 Å². The molecule has 4 amide bonds. The predicted octanol–water partition coefficient (Wildman–Crippen LogP) is -0.107. The average Bonchev–Trinajstić information content (AvgIpc) is 2.76. The molecule has 0 aliphatic carbocycles. The standard InChI is InChI=1S/C12H19N3O5S/c1-2-3-20-12(18)15-5-9(21)4-8(15)6-19-7-10(16)14-11(13)17/h2,8-9,21H,1,3-7H2,(H3,13,14,16,17)/t8-,9-/m0/s1. The van der Waals surface area contributed by atoms with E-state index < -0.39 is 18.0 Å². The normalized spacial score (nSPS) is 20.9. The molecular weight excluding hydrogens is 298 g/mol. The number of nitrogens with two attached hydrogens (primary N) is 1. The number of carbonyl (C=O) groups is 3. The van der Waals surface area contributed by atoms with Gasteiger partial charge in [0.25, 0.3) is 5.91 Å². The first-order valence-electron chi connectivity index (χ1n) is 6.33. The van der Waals surface area contributed by atoms with E-state index in [1.807, 2.05) is 5.32 Å². The van der Waals surface area contributed by atoms with Gasteiger partial charge in [0.15, 0.2) is 0 Å². The third-order valence-electron chi connectivity index (χ3n) is 2.76. The van der Waals surface area contributed by atoms with Crippen LogP contribution in [0.3, 0.4) is 0 Å². The molecule has 21 heavy (non-hydrogen) atoms. The minimum absolute atomic E-state index is 0.0225. The van der Waals surface area contributed by atoms with Crippen molar-refractivity contribution in [3.63, 3.8) is 0 Å². The van der Waals surface area contributed by atoms with Gasteiger partial charge in [-0.25, -0.2) is 9.59 Å². The Kier molecular flexibility index (Phi) is 7.03. The van der Waals surface area contributed by atoms with Crippen LogP contribution in [-0.4, -0.2) is 60.6 Å². The first-order valence-corrected chi connectivity index (χ1v) is 6.85. The zero-order valence-electron chi connectivity index (χ0n) is 11.5. The van der Waals surface area contributed by atoms with Gasteiger partial charge in [-0.2, -0.15) is 12.6 Å². The minimum atomic E-state index is -0.936. The van der Waals surface area contributed by atoms with Gasteiger partial charge < -0.3 is 20.1 Å². The van der Waals surface area contributed by atoms with Crippen molar-refractivity contribution < 1.29 is 23.9 Å². The molecule has 8 nitrogen and oxygen atoms in total. The fraction of sp³-hybridized carbons (Fsp3) is 0.583. The molecule has 1 fully saturated rings. The Morgan fingerprint density at radius 1 is 1.48 bits per heavy atom. The van der Waals surface area contributed by atoms with Crippen molar-refractivity contribution in [3.05, 3.63) is 12.7 Å². The van der Waals surface area contributed by atoms with E-state index in [0.717, 1.165) is 0 Å². The number of nitrogens with zero attached hydrogens (tertiary/aromatic N) is 1. The number of thiol groups is 1. The van der Waals surface area contributed by atoms with Gasteiger partial charge in [0, 0.05) is 11.8 Å². The van der Waals surface area contributed by atoms with Crippen LogP contribution in [0.25, 0.3) is 0 Å². The number of ether oxygens (including phenoxy) is 2. The van der Waals surface area contributed by atoms with Crippen LogP contribution in [0.15, 0.2) is 12.7 Å². The Bertz CT molecular complexity index is 418. The fourth-order valence-corrected chi connectivity index (χ4v) is 2.37. The number of carbonyl (C=O) groups excluding carboxylic acids is 3. The van der Waals surface area contributed by atoms with Crippen molar-refractivity contribution in [3.8, 4) is 0 Å². The average molecular weight is 317 g/mol. The number of nitrogens with one attached hydrogen (secondary N) is 1. The number of urea groups is 1. The van der Waals surface area contributed by atoms with Crippen LogP contribution in [0.1, 0.15) is 6.42 Å². The van der Waals surface area contributed by atoms with E-state index in [-0.39, 0.29) is 31.1 Å². The van der Waals surface area contributed by atoms with E-state index in [1.165, 1.54) is 11.0 Å². The Labute approximate surface area is 128 Å². The summed E-state index contributed by atoms with van der Waals surface area (Å²) in [5.74, 6) is -0.635. The zero-order valence-corrected chi connectivity index (χ0v) is 12.4. The minimum Gasteiger partial charge on any atom is -0.445 e. The molecule has 1 aliphatic heterocycles. The summed E-state index contributed by atoms with van der Waals surface area (Å²) in [6, 6.07) is -1.17. The molecular formula is C12H19N3O5S. The molecule has 1 heterocycles. The molecule has 118 valence electrons. The summed E-state index contributed by atoms with van der Waals surface area (Å²) in [4.78, 5) is 35.0. The highest BCUT2D eigenvalue weighted by Crippen LogP contribution is 2.22. The van der Waals surface area contributed by atoms with Gasteiger partial charge in [0.05, 0.1) is 12.6 Å². The summed E-state index contributed by atoms with van der Waals surface area (Å²) in [6.07, 6.45) is 1.64. The molecule has 0 saturated carbocycles. The summed E-state index contributed by atoms with van der Waals surface area (Å²) >= 11 is 4.34. The molecule has 1 aliphatic rings. The first-order chi connectivity index (χ1) is 9.93. The van der Waals surface area contributed by atoms with E-state index in [2.05, 4.69) is 19.2 Å². The monoisotopic (exact) mass is 317 g/mol. The maximum Gasteiger partial charge on any atom is 0.410 e. The number of likely N-dealkylation sites (tertiary alicyclic amines) is 1. The van der Waals surface area contributed by atoms with Crippen molar-refractivity contribution in [1.82, 2.24) is 10.2 Å². The number of imide groups is 1. The van der Waals surface area contributed by atoms with Crippen LogP contribution in [0.4, 0.5) is 9.59 Å². The van der Waals surface area contributed by atoms with E-state index >= 15 is 0 Å². The van der Waals surface area contributed by atoms with E-state index in [4.69, 9.17) is 15.2 Å². The van der Waals surface area contributed by atoms with Gasteiger partial charge in [0.2, 0.25) is 0 Å². The highest BCUT2D eigenvalue weighted by atomic mass is 32.1. The fourth-order valence-electron chi connectivity index (χ4n) is 1.95. The van der Waals surface area contributed by atoms with Crippen LogP contribution in [0.2, 0.25) is 0 Å². The summed E-state index contributed by atoms with van der Waals surface area (Å²) in [6.45, 7) is 3.87. The highest BCUT2D eigenvalue weighted by Gasteiger charge is 2.34. The van der Waals surface area contributed by atoms with E-state index in [9.17, 15) is 14.4 Å². The second-order valence-corrected chi connectivity index (χ2v) is 5.22. The molecule has 3 N–H and O–H groups in total. The summed E-state index contributed by atoms with van der Waals surface area (Å²) in [5.41, 5.74) is 4.80. The molecule has 0 aromatic rings. The van der Waals surface area contributed by atoms with Crippen LogP contribution in [0, 0.1) is 0 Å². The maximum absolute atomic E-state index is 11.8. The molecule has 9 heteroatoms. The quantitative estimate of drug-likeness (QED) is 0.468. The van der Waals surface area contributed by atoms with Gasteiger partial charge >= 0.3 is 12.1 Å². The SMILES string of the molecule is C=CCOC(=O)N1C[C@@H](S)C[C@H]1COCC(=O)NC(N)=O. The van der Waals surface area contributed by atoms with Crippen LogP contribution in [-0.2, 0) is 14.3 Å². The Morgan fingerprint density at radius 2 is 2.19 bits per heavy atom. The van der Waals surface area contributed by atoms with Crippen molar-refractivity contribution in [2.45, 2.75) is 17.7 Å². The molecule has 1 rings (SSSR count). The highest BCUT2D eigenvalue weighted by molar-refractivity contribution is 7.81. The summed E-state index contributed by atoms with van der Waals surface area (Å²) in [5, 5.41) is 1.90. The molecule has 0 aromatic carbocycles. The topological polar surface area (TPSA) is 111 Å². The zero-order chi connectivity index (χ0) is 15.8. The van der Waals surface area contributed by atoms with Gasteiger partial charge in [-0.05, 0) is 6.42 Å². The molecule has 0 aromatic heterocycles. The van der Waals surface area contributed by atoms with Gasteiger partial charge in [-0.3, -0.25) is 10.1 Å². The van der Waals surface area contributed by atoms with Crippen LogP contribution >= 0.6 is 12.6 Å². The molecule has 0 bridgehead atoms. The summed E-state index contributed by atoms with van der Waals surface area (Å²) in [7, 11) is 0. The lowest BCUT2D eigenvalue weighted by atomic mass is 10.2. The van der Waals surface area contributed by atoms with Gasteiger partial charge in [0.1, 0.15) is 13.2 Å². The van der Waals surface area contributed by atoms with Crippen LogP contribution < -0.4 is 11.1 Å². The largest absolute Gasteiger partial charge is 0.445 e. The van der Waals surface area contributed by atoms with Crippen molar-refractivity contribution >= 4 is 30.7 Å². The number of hydrogen-bond donors (Lipinski definition) is 3. The number of primary amides is 1. The predicted molar refractivity (Wildman–Crippen MR) is 78.0 cm³/mol. The van der Waals surface area contributed by atoms with Crippen molar-refractivity contribution in [1.29, 1.82) is 0 Å². The first kappa shape index (κ1) is 17.3. The van der Waals surface area contributed by atoms with Gasteiger partial charge in [-0.1, -0.05) is 12.7 Å². The van der Waals surface area contributed by atoms with E-state index in [1.54, 1.807) is 0 Å². The lowest BCUT2D eigenvalue weighted by Gasteiger charge is -2.23. The Morgan fingerprint density at radius 3 is 2.81 bits per heavy atom. The molecule has 2 atom stereocenters. The van der Waals surface area contributed by atoms with Crippen molar-refractivity contribution in [2.75, 3.05) is 26.4 Å². The van der Waals surface area contributed by atoms with Gasteiger partial charge in [-0.15, -0.1) is 0 Å². The molecule has 0 unspecified atom stereocenters. The molecule has 1 saturated heterocycles. The lowest BCUT2D eigenvalue weighted by Crippen LogP contribution is -2.41. The molecule has 0 radical (unpaired) electrons. The second-order valence-electron chi connectivity index (χ2n) is 4.49. The Hall–Kier alpha value is -1.74. The third-order valence-corrected chi connectivity index (χ3v) is 3.13. The second kappa shape index (κ2) is 8.53. The number of rotatable bonds is 6. The smallest absolute Gasteiger partial charge is 0.410 e. The number of hydrogen-bond acceptors (Lipinski definition) is 6. The number of amides is 4. The third kappa shape index (κ3) is 6.05. The summed E-state index contributed by atoms with van der Waals surface area (Å²) < 4.78 is 10.2. The maximum atomic E-state index is 11.8. The lowest BCUT2D eigenvalue weighted by molar-refractivity contribution is -0.124. The Balaban J connectivity index is 2.40. The van der Waals surface area contributed by atoms with E-state index in [0.29, 0.717) is 13.0 Å². The molecule has 0 spiro atoms. The van der Waals surface area contributed by atoms with Crippen molar-refractivity contribution in [2.24, 2.45) is 5.73 Å².